The molecule has 0 aliphatic carbocycles. The van der Waals surface area contributed by atoms with Gasteiger partial charge < -0.3 is 10.1 Å². The molecule has 1 aromatic heterocycles. The number of carbonyl (C=O) groups is 1. The molecule has 6 nitrogen and oxygen atoms in total. The van der Waals surface area contributed by atoms with Gasteiger partial charge >= 0.3 is 0 Å². The van der Waals surface area contributed by atoms with E-state index in [1.807, 2.05) is 12.1 Å². The van der Waals surface area contributed by atoms with Crippen molar-refractivity contribution >= 4 is 16.8 Å². The standard InChI is InChI=1S/C19H17N3O3/c23-18-14-3-1-2-4-15(14)21-22-17(18)19(24)20-9-7-12-5-6-16-13(11-12)8-10-25-16/h1-6,11H,7-10H2,(H,20,24)(H,21,23). The molecule has 1 amide bonds. The Hall–Kier alpha value is -3.15. The molecule has 0 saturated heterocycles. The first kappa shape index (κ1) is 15.4. The molecule has 1 aliphatic rings. The number of para-hydroxylation sites is 1. The summed E-state index contributed by atoms with van der Waals surface area (Å²) in [5.41, 5.74) is 2.48. The van der Waals surface area contributed by atoms with E-state index in [2.05, 4.69) is 21.6 Å². The van der Waals surface area contributed by atoms with Gasteiger partial charge in [0.05, 0.1) is 12.1 Å². The van der Waals surface area contributed by atoms with E-state index in [0.717, 1.165) is 24.3 Å². The second kappa shape index (κ2) is 6.39. The van der Waals surface area contributed by atoms with Gasteiger partial charge in [-0.15, -0.1) is 0 Å². The van der Waals surface area contributed by atoms with Gasteiger partial charge in [-0.25, -0.2) is 0 Å². The van der Waals surface area contributed by atoms with Crippen LogP contribution in [0, 0.1) is 0 Å². The molecule has 2 N–H and O–H groups in total. The smallest absolute Gasteiger partial charge is 0.275 e. The maximum Gasteiger partial charge on any atom is 0.275 e. The molecule has 6 heteroatoms. The highest BCUT2D eigenvalue weighted by molar-refractivity contribution is 5.95. The highest BCUT2D eigenvalue weighted by Crippen LogP contribution is 2.25. The van der Waals surface area contributed by atoms with Crippen LogP contribution in [0.3, 0.4) is 0 Å². The summed E-state index contributed by atoms with van der Waals surface area (Å²) < 4.78 is 5.49. The summed E-state index contributed by atoms with van der Waals surface area (Å²) in [7, 11) is 0. The summed E-state index contributed by atoms with van der Waals surface area (Å²) in [6, 6.07) is 13.1. The summed E-state index contributed by atoms with van der Waals surface area (Å²) in [5.74, 6) is 0.483. The van der Waals surface area contributed by atoms with Crippen LogP contribution in [0.25, 0.3) is 10.9 Å². The normalized spacial score (nSPS) is 12.6. The van der Waals surface area contributed by atoms with Crippen LogP contribution in [0.4, 0.5) is 0 Å². The number of nitrogens with one attached hydrogen (secondary N) is 2. The van der Waals surface area contributed by atoms with Gasteiger partial charge in [-0.05, 0) is 35.7 Å². The molecule has 0 atom stereocenters. The Kier molecular flexibility index (Phi) is 3.93. The highest BCUT2D eigenvalue weighted by Gasteiger charge is 2.15. The van der Waals surface area contributed by atoms with Gasteiger partial charge in [0.25, 0.3) is 5.91 Å². The number of hydrogen-bond acceptors (Lipinski definition) is 4. The third-order valence-electron chi connectivity index (χ3n) is 4.34. The molecule has 0 bridgehead atoms. The van der Waals surface area contributed by atoms with E-state index in [4.69, 9.17) is 4.74 Å². The molecule has 0 spiro atoms. The van der Waals surface area contributed by atoms with Gasteiger partial charge in [0.15, 0.2) is 5.69 Å². The lowest BCUT2D eigenvalue weighted by molar-refractivity contribution is 0.0947. The highest BCUT2D eigenvalue weighted by atomic mass is 16.5. The van der Waals surface area contributed by atoms with E-state index >= 15 is 0 Å². The van der Waals surface area contributed by atoms with Crippen LogP contribution in [-0.2, 0) is 12.8 Å². The molecular formula is C19H17N3O3. The second-order valence-electron chi connectivity index (χ2n) is 5.99. The fourth-order valence-corrected chi connectivity index (χ4v) is 3.03. The van der Waals surface area contributed by atoms with Crippen molar-refractivity contribution in [2.24, 2.45) is 0 Å². The van der Waals surface area contributed by atoms with Crippen molar-refractivity contribution in [2.45, 2.75) is 12.8 Å². The molecule has 0 saturated carbocycles. The minimum Gasteiger partial charge on any atom is -0.493 e. The molecule has 2 heterocycles. The summed E-state index contributed by atoms with van der Waals surface area (Å²) in [6.45, 7) is 1.17. The first-order valence-electron chi connectivity index (χ1n) is 8.22. The third kappa shape index (κ3) is 2.98. The molecule has 25 heavy (non-hydrogen) atoms. The van der Waals surface area contributed by atoms with Gasteiger partial charge in [-0.3, -0.25) is 14.7 Å². The van der Waals surface area contributed by atoms with Crippen molar-refractivity contribution in [3.05, 3.63) is 69.5 Å². The van der Waals surface area contributed by atoms with E-state index in [-0.39, 0.29) is 11.1 Å². The largest absolute Gasteiger partial charge is 0.493 e. The number of H-pyrrole nitrogens is 1. The Bertz CT molecular complexity index is 1010. The van der Waals surface area contributed by atoms with E-state index < -0.39 is 5.91 Å². The number of aromatic amines is 1. The van der Waals surface area contributed by atoms with Crippen LogP contribution in [0.2, 0.25) is 0 Å². The lowest BCUT2D eigenvalue weighted by Crippen LogP contribution is -2.31. The van der Waals surface area contributed by atoms with Gasteiger partial charge in [0.1, 0.15) is 5.75 Å². The number of nitrogens with zero attached hydrogens (tertiary/aromatic N) is 1. The number of hydrogen-bond donors (Lipinski definition) is 2. The van der Waals surface area contributed by atoms with E-state index in [9.17, 15) is 9.59 Å². The van der Waals surface area contributed by atoms with Gasteiger partial charge in [0.2, 0.25) is 5.43 Å². The van der Waals surface area contributed by atoms with Gasteiger partial charge in [-0.2, -0.15) is 5.10 Å². The quantitative estimate of drug-likeness (QED) is 0.762. The topological polar surface area (TPSA) is 84.1 Å². The molecule has 0 fully saturated rings. The fraction of sp³-hybridized carbons (Fsp3) is 0.211. The molecule has 2 aromatic carbocycles. The molecule has 126 valence electrons. The molecule has 0 radical (unpaired) electrons. The van der Waals surface area contributed by atoms with E-state index in [1.54, 1.807) is 24.3 Å². The Labute approximate surface area is 143 Å². The Balaban J connectivity index is 1.44. The zero-order valence-corrected chi connectivity index (χ0v) is 13.5. The lowest BCUT2D eigenvalue weighted by Gasteiger charge is -2.06. The second-order valence-corrected chi connectivity index (χ2v) is 5.99. The summed E-state index contributed by atoms with van der Waals surface area (Å²) in [5, 5.41) is 9.89. The number of benzene rings is 2. The van der Waals surface area contributed by atoms with Crippen molar-refractivity contribution in [2.75, 3.05) is 13.2 Å². The van der Waals surface area contributed by atoms with Gasteiger partial charge in [-0.1, -0.05) is 24.3 Å². The van der Waals surface area contributed by atoms with Crippen LogP contribution in [0.5, 0.6) is 5.75 Å². The number of ether oxygens (including phenoxy) is 1. The van der Waals surface area contributed by atoms with E-state index in [1.165, 1.54) is 5.56 Å². The number of amides is 1. The first-order chi connectivity index (χ1) is 12.2. The molecule has 1 aliphatic heterocycles. The third-order valence-corrected chi connectivity index (χ3v) is 4.34. The van der Waals surface area contributed by atoms with Crippen molar-refractivity contribution in [1.29, 1.82) is 0 Å². The Morgan fingerprint density at radius 3 is 3.04 bits per heavy atom. The van der Waals surface area contributed by atoms with Crippen LogP contribution in [0.15, 0.2) is 47.3 Å². The fourth-order valence-electron chi connectivity index (χ4n) is 3.03. The predicted molar refractivity (Wildman–Crippen MR) is 94.0 cm³/mol. The number of fused-ring (bicyclic) bond motifs is 2. The average Bonchev–Trinajstić information content (AvgIpc) is 3.10. The van der Waals surface area contributed by atoms with Crippen molar-refractivity contribution < 1.29 is 9.53 Å². The van der Waals surface area contributed by atoms with Crippen LogP contribution in [-0.4, -0.2) is 29.3 Å². The van der Waals surface area contributed by atoms with Gasteiger partial charge in [0, 0.05) is 18.4 Å². The minimum atomic E-state index is -0.462. The van der Waals surface area contributed by atoms with Crippen molar-refractivity contribution in [3.8, 4) is 5.75 Å². The average molecular weight is 335 g/mol. The molecule has 0 unspecified atom stereocenters. The summed E-state index contributed by atoms with van der Waals surface area (Å²) >= 11 is 0. The zero-order valence-electron chi connectivity index (χ0n) is 13.5. The molecule has 4 rings (SSSR count). The molecule has 3 aromatic rings. The predicted octanol–water partition coefficient (Wildman–Crippen LogP) is 1.83. The lowest BCUT2D eigenvalue weighted by atomic mass is 10.1. The first-order valence-corrected chi connectivity index (χ1v) is 8.22. The summed E-state index contributed by atoms with van der Waals surface area (Å²) in [4.78, 5) is 24.6. The zero-order chi connectivity index (χ0) is 17.2. The van der Waals surface area contributed by atoms with Crippen LogP contribution < -0.4 is 15.5 Å². The van der Waals surface area contributed by atoms with Crippen molar-refractivity contribution in [1.82, 2.24) is 15.5 Å². The Morgan fingerprint density at radius 1 is 1.24 bits per heavy atom. The number of aromatic nitrogens is 2. The maximum absolute atomic E-state index is 12.4. The summed E-state index contributed by atoms with van der Waals surface area (Å²) in [6.07, 6.45) is 1.61. The minimum absolute atomic E-state index is 0.110. The maximum atomic E-state index is 12.4. The van der Waals surface area contributed by atoms with Crippen LogP contribution in [0.1, 0.15) is 21.6 Å². The van der Waals surface area contributed by atoms with Crippen molar-refractivity contribution in [3.63, 3.8) is 0 Å². The Morgan fingerprint density at radius 2 is 2.12 bits per heavy atom. The van der Waals surface area contributed by atoms with Crippen LogP contribution >= 0.6 is 0 Å². The number of rotatable bonds is 4. The monoisotopic (exact) mass is 335 g/mol. The van der Waals surface area contributed by atoms with E-state index in [0.29, 0.717) is 23.9 Å². The number of carbonyl (C=O) groups excluding carboxylic acids is 1. The SMILES string of the molecule is O=C(NCCc1ccc2c(c1)CCO2)c1n[nH]c2ccccc2c1=O. The molecular weight excluding hydrogens is 318 g/mol.